The molecule has 262 valence electrons. The third-order valence-corrected chi connectivity index (χ3v) is 12.8. The van der Waals surface area contributed by atoms with Gasteiger partial charge in [0.1, 0.15) is 12.1 Å². The van der Waals surface area contributed by atoms with Crippen molar-refractivity contribution in [2.45, 2.75) is 134 Å². The van der Waals surface area contributed by atoms with Crippen molar-refractivity contribution < 1.29 is 28.2 Å². The molecule has 0 radical (unpaired) electrons. The van der Waals surface area contributed by atoms with Gasteiger partial charge in [-0.3, -0.25) is 9.59 Å². The molecule has 5 atom stereocenters. The molecule has 2 saturated carbocycles. The summed E-state index contributed by atoms with van der Waals surface area (Å²) in [6.45, 7) is 8.90. The maximum atomic E-state index is 14.1. The van der Waals surface area contributed by atoms with E-state index in [9.17, 15) is 28.2 Å². The number of fused-ring (bicyclic) bond motifs is 1. The molecule has 2 amide bonds. The van der Waals surface area contributed by atoms with E-state index in [4.69, 9.17) is 0 Å². The molecular formula is C38H58N2O6S. The predicted molar refractivity (Wildman–Crippen MR) is 189 cm³/mol. The van der Waals surface area contributed by atoms with Crippen LogP contribution in [0.25, 0.3) is 10.8 Å². The Morgan fingerprint density at radius 2 is 1.49 bits per heavy atom. The zero-order chi connectivity index (χ0) is 34.4. The molecular weight excluding hydrogens is 612 g/mol. The van der Waals surface area contributed by atoms with Crippen LogP contribution in [0.3, 0.4) is 0 Å². The van der Waals surface area contributed by atoms with Crippen LogP contribution in [0.4, 0.5) is 0 Å². The third kappa shape index (κ3) is 10.8. The van der Waals surface area contributed by atoms with Crippen molar-refractivity contribution >= 4 is 32.4 Å². The highest BCUT2D eigenvalue weighted by atomic mass is 32.2. The van der Waals surface area contributed by atoms with Crippen LogP contribution in [0.1, 0.15) is 104 Å². The van der Waals surface area contributed by atoms with Gasteiger partial charge in [-0.1, -0.05) is 101 Å². The fraction of sp³-hybridized carbons (Fsp3) is 0.684. The highest BCUT2D eigenvalue weighted by Crippen LogP contribution is 2.34. The molecule has 2 fully saturated rings. The molecule has 0 bridgehead atoms. The fourth-order valence-corrected chi connectivity index (χ4v) is 8.22. The van der Waals surface area contributed by atoms with Gasteiger partial charge in [-0.15, -0.1) is 0 Å². The van der Waals surface area contributed by atoms with Crippen molar-refractivity contribution in [1.82, 2.24) is 10.6 Å². The largest absolute Gasteiger partial charge is 0.390 e. The Bertz CT molecular complexity index is 1440. The molecule has 2 aliphatic carbocycles. The third-order valence-electron chi connectivity index (χ3n) is 10.1. The summed E-state index contributed by atoms with van der Waals surface area (Å²) in [5.41, 5.74) is 0.880. The highest BCUT2D eigenvalue weighted by molar-refractivity contribution is 7.92. The van der Waals surface area contributed by atoms with E-state index in [2.05, 4.69) is 10.6 Å². The Kier molecular flexibility index (Phi) is 12.9. The summed E-state index contributed by atoms with van der Waals surface area (Å²) in [5, 5.41) is 30.2. The minimum Gasteiger partial charge on any atom is -0.390 e. The Morgan fingerprint density at radius 1 is 0.851 bits per heavy atom. The first-order valence-corrected chi connectivity index (χ1v) is 19.5. The van der Waals surface area contributed by atoms with Gasteiger partial charge >= 0.3 is 0 Å². The molecule has 8 nitrogen and oxygen atoms in total. The number of aliphatic hydroxyl groups is 2. The molecule has 0 saturated heterocycles. The number of rotatable bonds is 16. The number of nitrogens with one attached hydrogen (secondary N) is 2. The van der Waals surface area contributed by atoms with Gasteiger partial charge in [0.2, 0.25) is 11.8 Å². The molecule has 4 N–H and O–H groups in total. The summed E-state index contributed by atoms with van der Waals surface area (Å²) in [7, 11) is -3.67. The molecule has 2 aromatic carbocycles. The highest BCUT2D eigenvalue weighted by Gasteiger charge is 2.39. The summed E-state index contributed by atoms with van der Waals surface area (Å²) in [5.74, 6) is -1.27. The molecule has 0 unspecified atom stereocenters. The number of hydrogen-bond donors (Lipinski definition) is 4. The van der Waals surface area contributed by atoms with Crippen molar-refractivity contribution in [2.24, 2.45) is 23.7 Å². The number of sulfone groups is 1. The first-order valence-electron chi connectivity index (χ1n) is 17.8. The van der Waals surface area contributed by atoms with Gasteiger partial charge in [-0.2, -0.15) is 0 Å². The standard InChI is InChI=1S/C38H58N2O6S/c1-25(2)20-34(41)35(42)32(21-26-12-7-6-8-13-26)39-37(44)33(22-27-18-19-27)40-36(43)30(24-47(45,46)38(3,4)5)23-29-16-11-15-28-14-9-10-17-31(28)29/h9-11,14-17,25-27,30,32-35,41-42H,6-8,12-13,18-24H2,1-5H3,(H,39,44)(H,40,43)/t30-,32+,33+,34+,35-/m1/s1. The molecule has 2 aromatic rings. The topological polar surface area (TPSA) is 133 Å². The van der Waals surface area contributed by atoms with Gasteiger partial charge in [-0.05, 0) is 80.5 Å². The SMILES string of the molecule is CC(C)C[C@H](O)[C@H](O)[C@H](CC1CCCCC1)NC(=O)[C@H](CC1CC1)NC(=O)[C@H](Cc1cccc2ccccc12)CS(=O)(=O)C(C)(C)C. The molecule has 9 heteroatoms. The van der Waals surface area contributed by atoms with Crippen LogP contribution in [-0.2, 0) is 25.8 Å². The summed E-state index contributed by atoms with van der Waals surface area (Å²) < 4.78 is 25.9. The zero-order valence-corrected chi connectivity index (χ0v) is 29.9. The van der Waals surface area contributed by atoms with E-state index < -0.39 is 50.7 Å². The molecule has 0 heterocycles. The fourth-order valence-electron chi connectivity index (χ4n) is 6.93. The first kappa shape index (κ1) is 37.3. The molecule has 0 aromatic heterocycles. The number of carbonyl (C=O) groups excluding carboxylic acids is 2. The first-order chi connectivity index (χ1) is 22.1. The zero-order valence-electron chi connectivity index (χ0n) is 29.1. The monoisotopic (exact) mass is 670 g/mol. The van der Waals surface area contributed by atoms with Gasteiger partial charge < -0.3 is 20.8 Å². The van der Waals surface area contributed by atoms with Crippen LogP contribution >= 0.6 is 0 Å². The van der Waals surface area contributed by atoms with Crippen molar-refractivity contribution in [3.8, 4) is 0 Å². The Hall–Kier alpha value is -2.49. The van der Waals surface area contributed by atoms with Gasteiger partial charge in [0.25, 0.3) is 0 Å². The second-order valence-corrected chi connectivity index (χ2v) is 18.5. The van der Waals surface area contributed by atoms with Crippen LogP contribution in [0.5, 0.6) is 0 Å². The Labute approximate surface area is 282 Å². The van der Waals surface area contributed by atoms with Crippen LogP contribution in [0.2, 0.25) is 0 Å². The maximum absolute atomic E-state index is 14.1. The molecule has 2 aliphatic rings. The molecule has 0 spiro atoms. The molecule has 0 aliphatic heterocycles. The van der Waals surface area contributed by atoms with Crippen molar-refractivity contribution in [2.75, 3.05) is 5.75 Å². The van der Waals surface area contributed by atoms with Gasteiger partial charge in [0, 0.05) is 0 Å². The lowest BCUT2D eigenvalue weighted by molar-refractivity contribution is -0.132. The number of carbonyl (C=O) groups is 2. The van der Waals surface area contributed by atoms with E-state index >= 15 is 0 Å². The quantitative estimate of drug-likeness (QED) is 0.181. The Balaban J connectivity index is 1.58. The lowest BCUT2D eigenvalue weighted by atomic mass is 9.82. The van der Waals surface area contributed by atoms with Crippen LogP contribution in [0.15, 0.2) is 42.5 Å². The second kappa shape index (κ2) is 16.3. The van der Waals surface area contributed by atoms with Gasteiger partial charge in [0.05, 0.1) is 28.6 Å². The van der Waals surface area contributed by atoms with Crippen LogP contribution < -0.4 is 10.6 Å². The number of benzene rings is 2. The maximum Gasteiger partial charge on any atom is 0.242 e. The normalized spacial score (nSPS) is 19.6. The minimum absolute atomic E-state index is 0.177. The summed E-state index contributed by atoms with van der Waals surface area (Å²) in [4.78, 5) is 28.1. The Morgan fingerprint density at radius 3 is 2.13 bits per heavy atom. The predicted octanol–water partition coefficient (Wildman–Crippen LogP) is 5.72. The number of aliphatic hydroxyl groups excluding tert-OH is 2. The molecule has 47 heavy (non-hydrogen) atoms. The minimum atomic E-state index is -3.67. The summed E-state index contributed by atoms with van der Waals surface area (Å²) in [6.07, 6.45) is 6.96. The number of hydrogen-bond acceptors (Lipinski definition) is 6. The van der Waals surface area contributed by atoms with Crippen molar-refractivity contribution in [1.29, 1.82) is 0 Å². The summed E-state index contributed by atoms with van der Waals surface area (Å²) >= 11 is 0. The second-order valence-electron chi connectivity index (χ2n) is 15.7. The lowest BCUT2D eigenvalue weighted by Crippen LogP contribution is -2.56. The van der Waals surface area contributed by atoms with Gasteiger partial charge in [-0.25, -0.2) is 8.42 Å². The van der Waals surface area contributed by atoms with Crippen molar-refractivity contribution in [3.05, 3.63) is 48.0 Å². The lowest BCUT2D eigenvalue weighted by Gasteiger charge is -2.34. The van der Waals surface area contributed by atoms with E-state index in [0.717, 1.165) is 54.9 Å². The van der Waals surface area contributed by atoms with E-state index in [1.54, 1.807) is 20.8 Å². The smallest absolute Gasteiger partial charge is 0.242 e. The van der Waals surface area contributed by atoms with Crippen LogP contribution in [-0.4, -0.2) is 65.2 Å². The van der Waals surface area contributed by atoms with Crippen molar-refractivity contribution in [3.63, 3.8) is 0 Å². The van der Waals surface area contributed by atoms with Crippen LogP contribution in [0, 0.1) is 23.7 Å². The number of amides is 2. The van der Waals surface area contributed by atoms with E-state index in [0.29, 0.717) is 31.1 Å². The van der Waals surface area contributed by atoms with E-state index in [1.165, 1.54) is 6.42 Å². The van der Waals surface area contributed by atoms with E-state index in [1.807, 2.05) is 56.3 Å². The van der Waals surface area contributed by atoms with Gasteiger partial charge in [0.15, 0.2) is 9.84 Å². The summed E-state index contributed by atoms with van der Waals surface area (Å²) in [6, 6.07) is 12.2. The average molecular weight is 671 g/mol. The van der Waals surface area contributed by atoms with E-state index in [-0.39, 0.29) is 24.0 Å². The average Bonchev–Trinajstić information content (AvgIpc) is 3.83. The molecule has 4 rings (SSSR count).